The maximum absolute atomic E-state index is 5.92. The van der Waals surface area contributed by atoms with Gasteiger partial charge in [-0.15, -0.1) is 5.10 Å². The molecule has 0 spiro atoms. The second-order valence-electron chi connectivity index (χ2n) is 5.33. The van der Waals surface area contributed by atoms with E-state index in [1.54, 1.807) is 10.7 Å². The minimum absolute atomic E-state index is 0.416. The highest BCUT2D eigenvalue weighted by Gasteiger charge is 2.12. The molecule has 2 aromatic heterocycles. The molecule has 0 fully saturated rings. The molecule has 2 rings (SSSR count). The minimum Gasteiger partial charge on any atom is -0.476 e. The maximum Gasteiger partial charge on any atom is 0.239 e. The Morgan fingerprint density at radius 1 is 1.19 bits per heavy atom. The van der Waals surface area contributed by atoms with Gasteiger partial charge in [-0.1, -0.05) is 27.7 Å². The molecule has 2 aromatic rings. The van der Waals surface area contributed by atoms with Crippen molar-refractivity contribution in [2.45, 2.75) is 40.5 Å². The Morgan fingerprint density at radius 3 is 2.57 bits per heavy atom. The molecule has 0 aliphatic carbocycles. The number of pyridine rings is 1. The molecule has 6 heteroatoms. The first-order valence-electron chi connectivity index (χ1n) is 7.39. The molecule has 0 bridgehead atoms. The Balaban J connectivity index is 2.35. The summed E-state index contributed by atoms with van der Waals surface area (Å²) in [4.78, 5) is 8.97. The van der Waals surface area contributed by atoms with Crippen LogP contribution in [0.2, 0.25) is 0 Å². The van der Waals surface area contributed by atoms with Crippen molar-refractivity contribution in [1.29, 1.82) is 0 Å². The van der Waals surface area contributed by atoms with Gasteiger partial charge in [0.1, 0.15) is 5.82 Å². The summed E-state index contributed by atoms with van der Waals surface area (Å²) < 4.78 is 7.43. The number of hydrogen-bond acceptors (Lipinski definition) is 5. The van der Waals surface area contributed by atoms with Crippen LogP contribution in [0.25, 0.3) is 5.82 Å². The quantitative estimate of drug-likeness (QED) is 0.883. The lowest BCUT2D eigenvalue weighted by atomic mass is 10.2. The number of aromatic nitrogens is 4. The van der Waals surface area contributed by atoms with Crippen LogP contribution in [0.4, 0.5) is 5.69 Å². The van der Waals surface area contributed by atoms with Crippen LogP contribution in [0, 0.1) is 5.92 Å². The van der Waals surface area contributed by atoms with Gasteiger partial charge in [0.25, 0.3) is 0 Å². The van der Waals surface area contributed by atoms with Crippen molar-refractivity contribution in [3.05, 3.63) is 23.8 Å². The maximum atomic E-state index is 5.92. The van der Waals surface area contributed by atoms with E-state index in [9.17, 15) is 0 Å². The summed E-state index contributed by atoms with van der Waals surface area (Å²) in [5.41, 5.74) is 6.46. The second-order valence-corrected chi connectivity index (χ2v) is 5.33. The Kier molecular flexibility index (Phi) is 4.77. The van der Waals surface area contributed by atoms with Crippen molar-refractivity contribution in [2.75, 3.05) is 12.3 Å². The van der Waals surface area contributed by atoms with E-state index in [-0.39, 0.29) is 0 Å². The summed E-state index contributed by atoms with van der Waals surface area (Å²) in [6.45, 7) is 8.83. The molecule has 2 N–H and O–H groups in total. The molecular weight excluding hydrogens is 266 g/mol. The SMILES string of the molecule is CCc1nc(CC)n(-c2ccc(N)c(OCC(C)C)n2)n1. The van der Waals surface area contributed by atoms with Crippen LogP contribution < -0.4 is 10.5 Å². The highest BCUT2D eigenvalue weighted by atomic mass is 16.5. The van der Waals surface area contributed by atoms with E-state index < -0.39 is 0 Å². The van der Waals surface area contributed by atoms with Gasteiger partial charge >= 0.3 is 0 Å². The van der Waals surface area contributed by atoms with Crippen molar-refractivity contribution in [1.82, 2.24) is 19.7 Å². The number of nitrogens with zero attached hydrogens (tertiary/aromatic N) is 4. The van der Waals surface area contributed by atoms with E-state index in [0.29, 0.717) is 29.9 Å². The number of rotatable bonds is 6. The van der Waals surface area contributed by atoms with Crippen LogP contribution in [-0.4, -0.2) is 26.4 Å². The van der Waals surface area contributed by atoms with Gasteiger partial charge in [0.2, 0.25) is 5.88 Å². The molecule has 0 aromatic carbocycles. The normalized spacial score (nSPS) is 11.1. The van der Waals surface area contributed by atoms with Gasteiger partial charge in [-0.3, -0.25) is 0 Å². The molecule has 0 amide bonds. The van der Waals surface area contributed by atoms with Gasteiger partial charge in [0.15, 0.2) is 11.6 Å². The topological polar surface area (TPSA) is 78.9 Å². The number of hydrogen-bond donors (Lipinski definition) is 1. The highest BCUT2D eigenvalue weighted by molar-refractivity contribution is 5.50. The Bertz CT molecular complexity index is 606. The van der Waals surface area contributed by atoms with Gasteiger partial charge < -0.3 is 10.5 Å². The average molecular weight is 289 g/mol. The van der Waals surface area contributed by atoms with Crippen LogP contribution in [0.3, 0.4) is 0 Å². The fourth-order valence-corrected chi connectivity index (χ4v) is 1.87. The lowest BCUT2D eigenvalue weighted by Crippen LogP contribution is -2.10. The molecule has 21 heavy (non-hydrogen) atoms. The Morgan fingerprint density at radius 2 is 1.95 bits per heavy atom. The summed E-state index contributed by atoms with van der Waals surface area (Å²) in [5, 5.41) is 4.48. The first-order chi connectivity index (χ1) is 10.0. The fraction of sp³-hybridized carbons (Fsp3) is 0.533. The number of nitrogen functional groups attached to an aromatic ring is 1. The number of aryl methyl sites for hydroxylation is 2. The monoisotopic (exact) mass is 289 g/mol. The second kappa shape index (κ2) is 6.56. The number of nitrogens with two attached hydrogens (primary N) is 1. The van der Waals surface area contributed by atoms with Gasteiger partial charge in [-0.2, -0.15) is 9.67 Å². The van der Waals surface area contributed by atoms with E-state index in [2.05, 4.69) is 28.9 Å². The van der Waals surface area contributed by atoms with Crippen LogP contribution >= 0.6 is 0 Å². The zero-order valence-corrected chi connectivity index (χ0v) is 13.1. The van der Waals surface area contributed by atoms with E-state index in [4.69, 9.17) is 10.5 Å². The van der Waals surface area contributed by atoms with Gasteiger partial charge in [-0.05, 0) is 18.1 Å². The van der Waals surface area contributed by atoms with Gasteiger partial charge in [-0.25, -0.2) is 4.98 Å². The first-order valence-corrected chi connectivity index (χ1v) is 7.39. The van der Waals surface area contributed by atoms with E-state index in [1.807, 2.05) is 19.9 Å². The number of ether oxygens (including phenoxy) is 1. The molecule has 6 nitrogen and oxygen atoms in total. The third-order valence-corrected chi connectivity index (χ3v) is 3.00. The summed E-state index contributed by atoms with van der Waals surface area (Å²) in [7, 11) is 0. The smallest absolute Gasteiger partial charge is 0.239 e. The predicted molar refractivity (Wildman–Crippen MR) is 82.7 cm³/mol. The van der Waals surface area contributed by atoms with Gasteiger partial charge in [0.05, 0.1) is 12.3 Å². The summed E-state index contributed by atoms with van der Waals surface area (Å²) >= 11 is 0. The average Bonchev–Trinajstić information content (AvgIpc) is 2.89. The molecule has 0 aliphatic rings. The lowest BCUT2D eigenvalue weighted by molar-refractivity contribution is 0.262. The van der Waals surface area contributed by atoms with Crippen LogP contribution in [0.1, 0.15) is 39.3 Å². The van der Waals surface area contributed by atoms with E-state index in [1.165, 1.54) is 0 Å². The van der Waals surface area contributed by atoms with Crippen LogP contribution in [0.15, 0.2) is 12.1 Å². The first kappa shape index (κ1) is 15.3. The molecule has 2 heterocycles. The lowest BCUT2D eigenvalue weighted by Gasteiger charge is -2.11. The molecule has 0 saturated heterocycles. The van der Waals surface area contributed by atoms with Crippen molar-refractivity contribution in [2.24, 2.45) is 5.92 Å². The largest absolute Gasteiger partial charge is 0.476 e. The molecule has 0 aliphatic heterocycles. The van der Waals surface area contributed by atoms with Gasteiger partial charge in [0, 0.05) is 12.8 Å². The summed E-state index contributed by atoms with van der Waals surface area (Å²) in [6, 6.07) is 3.63. The van der Waals surface area contributed by atoms with Crippen LogP contribution in [-0.2, 0) is 12.8 Å². The third-order valence-electron chi connectivity index (χ3n) is 3.00. The zero-order valence-electron chi connectivity index (χ0n) is 13.1. The van der Waals surface area contributed by atoms with Crippen molar-refractivity contribution < 1.29 is 4.74 Å². The van der Waals surface area contributed by atoms with E-state index in [0.717, 1.165) is 24.5 Å². The zero-order chi connectivity index (χ0) is 15.4. The molecule has 0 atom stereocenters. The van der Waals surface area contributed by atoms with Crippen LogP contribution in [0.5, 0.6) is 5.88 Å². The predicted octanol–water partition coefficient (Wildman–Crippen LogP) is 2.40. The third kappa shape index (κ3) is 3.51. The fourth-order valence-electron chi connectivity index (χ4n) is 1.87. The van der Waals surface area contributed by atoms with Crippen molar-refractivity contribution in [3.63, 3.8) is 0 Å². The molecule has 0 unspecified atom stereocenters. The number of anilines is 1. The summed E-state index contributed by atoms with van der Waals surface area (Å²) in [5.74, 6) is 3.26. The molecule has 114 valence electrons. The standard InChI is InChI=1S/C15H23N5O/c1-5-12-17-13(6-2)20(19-12)14-8-7-11(16)15(18-14)21-9-10(3)4/h7-8,10H,5-6,9,16H2,1-4H3. The Labute approximate surface area is 125 Å². The van der Waals surface area contributed by atoms with Crippen molar-refractivity contribution in [3.8, 4) is 11.7 Å². The summed E-state index contributed by atoms with van der Waals surface area (Å²) in [6.07, 6.45) is 1.59. The molecule has 0 saturated carbocycles. The molecular formula is C15H23N5O. The van der Waals surface area contributed by atoms with Crippen molar-refractivity contribution >= 4 is 5.69 Å². The molecule has 0 radical (unpaired) electrons. The Hall–Kier alpha value is -2.11. The minimum atomic E-state index is 0.416. The van der Waals surface area contributed by atoms with E-state index >= 15 is 0 Å². The highest BCUT2D eigenvalue weighted by Crippen LogP contribution is 2.21.